The molecule has 0 heterocycles. The predicted molar refractivity (Wildman–Crippen MR) is 165 cm³/mol. The van der Waals surface area contributed by atoms with Gasteiger partial charge in [0.2, 0.25) is 5.91 Å². The van der Waals surface area contributed by atoms with Crippen molar-refractivity contribution in [2.45, 2.75) is 136 Å². The molecule has 0 saturated heterocycles. The molecular weight excluding hydrogens is 500 g/mol. The second-order valence-corrected chi connectivity index (χ2v) is 10.8. The summed E-state index contributed by atoms with van der Waals surface area (Å²) < 4.78 is 5.80. The SMILES string of the molecule is CCCCCCCCCCCCCCCC(CC)ON(NC(=O)CC)c1ccc(COc2ccc(O)cc2)cc1. The lowest BCUT2D eigenvalue weighted by atomic mass is 10.0. The molecule has 0 aromatic heterocycles. The Balaban J connectivity index is 1.72. The molecule has 2 aromatic carbocycles. The van der Waals surface area contributed by atoms with Gasteiger partial charge in [-0.1, -0.05) is 116 Å². The van der Waals surface area contributed by atoms with Gasteiger partial charge in [0.25, 0.3) is 0 Å². The number of nitrogens with zero attached hydrogens (tertiary/aromatic N) is 1. The summed E-state index contributed by atoms with van der Waals surface area (Å²) in [6.07, 6.45) is 19.8. The maximum absolute atomic E-state index is 12.2. The summed E-state index contributed by atoms with van der Waals surface area (Å²) in [6, 6.07) is 14.5. The molecule has 1 atom stereocenters. The Morgan fingerprint density at radius 2 is 1.32 bits per heavy atom. The third-order valence-electron chi connectivity index (χ3n) is 7.30. The molecule has 0 aliphatic heterocycles. The van der Waals surface area contributed by atoms with Crippen LogP contribution in [0.2, 0.25) is 0 Å². The number of nitrogens with one attached hydrogen (secondary N) is 1. The molecule has 2 aromatic rings. The maximum Gasteiger partial charge on any atom is 0.240 e. The molecule has 0 aliphatic rings. The van der Waals surface area contributed by atoms with Gasteiger partial charge in [-0.3, -0.25) is 9.63 Å². The number of carbonyl (C=O) groups is 1. The Morgan fingerprint density at radius 1 is 0.775 bits per heavy atom. The number of carbonyl (C=O) groups excluding carboxylic acids is 1. The van der Waals surface area contributed by atoms with E-state index in [2.05, 4.69) is 19.3 Å². The average molecular weight is 555 g/mol. The number of anilines is 1. The van der Waals surface area contributed by atoms with Crippen LogP contribution < -0.4 is 15.3 Å². The van der Waals surface area contributed by atoms with Crippen LogP contribution in [-0.4, -0.2) is 17.1 Å². The third kappa shape index (κ3) is 14.6. The molecule has 224 valence electrons. The third-order valence-corrected chi connectivity index (χ3v) is 7.30. The number of phenolic OH excluding ortho intramolecular Hbond substituents is 1. The van der Waals surface area contributed by atoms with Gasteiger partial charge >= 0.3 is 0 Å². The second-order valence-electron chi connectivity index (χ2n) is 10.8. The van der Waals surface area contributed by atoms with E-state index in [1.165, 1.54) is 82.2 Å². The van der Waals surface area contributed by atoms with Crippen molar-refractivity contribution in [2.75, 3.05) is 5.17 Å². The van der Waals surface area contributed by atoms with Gasteiger partial charge in [-0.05, 0) is 54.8 Å². The summed E-state index contributed by atoms with van der Waals surface area (Å²) in [5.74, 6) is 0.821. The van der Waals surface area contributed by atoms with Gasteiger partial charge in [0.1, 0.15) is 18.1 Å². The van der Waals surface area contributed by atoms with Gasteiger partial charge < -0.3 is 9.84 Å². The first-order valence-electron chi connectivity index (χ1n) is 15.8. The molecule has 0 fully saturated rings. The molecule has 2 N–H and O–H groups in total. The molecule has 0 aliphatic carbocycles. The summed E-state index contributed by atoms with van der Waals surface area (Å²) in [6.45, 7) is 6.65. The highest BCUT2D eigenvalue weighted by molar-refractivity contribution is 5.77. The first-order valence-corrected chi connectivity index (χ1v) is 15.8. The fraction of sp³-hybridized carbons (Fsp3) is 0.618. The van der Waals surface area contributed by atoms with E-state index in [0.717, 1.165) is 30.5 Å². The van der Waals surface area contributed by atoms with Crippen LogP contribution in [0.15, 0.2) is 48.5 Å². The van der Waals surface area contributed by atoms with Crippen molar-refractivity contribution in [2.24, 2.45) is 0 Å². The zero-order valence-corrected chi connectivity index (χ0v) is 25.3. The van der Waals surface area contributed by atoms with Crippen molar-refractivity contribution in [3.8, 4) is 11.5 Å². The van der Waals surface area contributed by atoms with Crippen LogP contribution in [-0.2, 0) is 16.2 Å². The number of hydrazine groups is 1. The molecule has 0 bridgehead atoms. The van der Waals surface area contributed by atoms with Crippen LogP contribution in [0.1, 0.15) is 129 Å². The molecule has 6 nitrogen and oxygen atoms in total. The van der Waals surface area contributed by atoms with E-state index in [4.69, 9.17) is 9.57 Å². The van der Waals surface area contributed by atoms with E-state index in [1.54, 1.807) is 24.3 Å². The van der Waals surface area contributed by atoms with E-state index in [0.29, 0.717) is 18.8 Å². The molecular formula is C34H54N2O4. The van der Waals surface area contributed by atoms with Gasteiger partial charge in [0.05, 0.1) is 11.8 Å². The number of hydrogen-bond acceptors (Lipinski definition) is 5. The number of benzene rings is 2. The largest absolute Gasteiger partial charge is 0.508 e. The first kappa shape index (κ1) is 33.5. The molecule has 1 unspecified atom stereocenters. The lowest BCUT2D eigenvalue weighted by Gasteiger charge is -2.28. The Morgan fingerprint density at radius 3 is 1.85 bits per heavy atom. The van der Waals surface area contributed by atoms with Gasteiger partial charge in [-0.15, -0.1) is 0 Å². The summed E-state index contributed by atoms with van der Waals surface area (Å²) >= 11 is 0. The lowest BCUT2D eigenvalue weighted by molar-refractivity contribution is -0.124. The van der Waals surface area contributed by atoms with Crippen molar-refractivity contribution < 1.29 is 19.5 Å². The zero-order valence-electron chi connectivity index (χ0n) is 25.3. The van der Waals surface area contributed by atoms with Crippen LogP contribution in [0.25, 0.3) is 0 Å². The van der Waals surface area contributed by atoms with Gasteiger partial charge in [-0.2, -0.15) is 5.17 Å². The molecule has 0 saturated carbocycles. The van der Waals surface area contributed by atoms with E-state index in [9.17, 15) is 9.90 Å². The van der Waals surface area contributed by atoms with E-state index in [-0.39, 0.29) is 17.8 Å². The minimum Gasteiger partial charge on any atom is -0.508 e. The minimum absolute atomic E-state index is 0.0439. The van der Waals surface area contributed by atoms with Crippen molar-refractivity contribution in [1.82, 2.24) is 5.43 Å². The summed E-state index contributed by atoms with van der Waals surface area (Å²) in [7, 11) is 0. The Bertz CT molecular complexity index is 901. The minimum atomic E-state index is -0.0875. The lowest BCUT2D eigenvalue weighted by Crippen LogP contribution is -2.44. The number of hydrogen-bond donors (Lipinski definition) is 2. The van der Waals surface area contributed by atoms with Crippen LogP contribution in [0, 0.1) is 0 Å². The smallest absolute Gasteiger partial charge is 0.240 e. The predicted octanol–water partition coefficient (Wildman–Crippen LogP) is 9.41. The Kier molecular flexibility index (Phi) is 17.6. The highest BCUT2D eigenvalue weighted by Gasteiger charge is 2.16. The van der Waals surface area contributed by atoms with Crippen LogP contribution in [0.4, 0.5) is 5.69 Å². The van der Waals surface area contributed by atoms with Gasteiger partial charge in [0.15, 0.2) is 0 Å². The molecule has 40 heavy (non-hydrogen) atoms. The topological polar surface area (TPSA) is 71.0 Å². The second kappa shape index (κ2) is 21.1. The molecule has 1 amide bonds. The summed E-state index contributed by atoms with van der Waals surface area (Å²) in [5.41, 5.74) is 4.67. The van der Waals surface area contributed by atoms with Crippen LogP contribution in [0.5, 0.6) is 11.5 Å². The number of amides is 1. The highest BCUT2D eigenvalue weighted by atomic mass is 16.7. The molecule has 0 radical (unpaired) electrons. The average Bonchev–Trinajstić information content (AvgIpc) is 2.98. The van der Waals surface area contributed by atoms with Crippen LogP contribution in [0.3, 0.4) is 0 Å². The quantitative estimate of drug-likeness (QED) is 0.106. The van der Waals surface area contributed by atoms with E-state index >= 15 is 0 Å². The molecule has 2 rings (SSSR count). The number of ether oxygens (including phenoxy) is 1. The van der Waals surface area contributed by atoms with E-state index < -0.39 is 0 Å². The zero-order chi connectivity index (χ0) is 28.8. The summed E-state index contributed by atoms with van der Waals surface area (Å²) in [5, 5.41) is 11.0. The van der Waals surface area contributed by atoms with Gasteiger partial charge in [0, 0.05) is 6.42 Å². The number of rotatable bonds is 23. The van der Waals surface area contributed by atoms with Crippen LogP contribution >= 0.6 is 0 Å². The van der Waals surface area contributed by atoms with Crippen molar-refractivity contribution >= 4 is 11.6 Å². The van der Waals surface area contributed by atoms with Crippen molar-refractivity contribution in [3.05, 3.63) is 54.1 Å². The fourth-order valence-electron chi connectivity index (χ4n) is 4.65. The Hall–Kier alpha value is -2.73. The number of unbranched alkanes of at least 4 members (excludes halogenated alkanes) is 12. The first-order chi connectivity index (χ1) is 19.5. The normalized spacial score (nSPS) is 11.8. The van der Waals surface area contributed by atoms with Crippen molar-refractivity contribution in [1.29, 1.82) is 0 Å². The highest BCUT2D eigenvalue weighted by Crippen LogP contribution is 2.21. The fourth-order valence-corrected chi connectivity index (χ4v) is 4.65. The maximum atomic E-state index is 12.2. The van der Waals surface area contributed by atoms with E-state index in [1.807, 2.05) is 31.2 Å². The monoisotopic (exact) mass is 554 g/mol. The molecule has 6 heteroatoms. The molecule has 0 spiro atoms. The Labute approximate surface area is 243 Å². The number of aromatic hydroxyl groups is 1. The standard InChI is InChI=1S/C34H54N2O4/c1-4-7-8-9-10-11-12-13-14-15-16-17-18-19-32(5-2)40-36(35-34(38)6-3)30-22-20-29(21-23-30)28-39-33-26-24-31(37)25-27-33/h20-27,32,37H,4-19,28H2,1-3H3,(H,35,38). The van der Waals surface area contributed by atoms with Gasteiger partial charge in [-0.25, -0.2) is 5.43 Å². The van der Waals surface area contributed by atoms with Crippen molar-refractivity contribution in [3.63, 3.8) is 0 Å². The number of phenols is 1. The summed E-state index contributed by atoms with van der Waals surface area (Å²) in [4.78, 5) is 18.5.